The first-order chi connectivity index (χ1) is 10.5. The van der Waals surface area contributed by atoms with Crippen LogP contribution >= 0.6 is 0 Å². The largest absolute Gasteiger partial charge is 0.496 e. The summed E-state index contributed by atoms with van der Waals surface area (Å²) >= 11 is 0. The Morgan fingerprint density at radius 2 is 1.77 bits per heavy atom. The third-order valence-corrected chi connectivity index (χ3v) is 3.23. The molecule has 0 radical (unpaired) electrons. The van der Waals surface area contributed by atoms with Gasteiger partial charge in [0.15, 0.2) is 17.5 Å². The SMILES string of the molecule is COc1ccccc1[C@@H](C)NC(=O)c1ccc(F)c(F)c1F. The molecular formula is C16H14F3NO2. The van der Waals surface area contributed by atoms with Crippen LogP contribution in [-0.4, -0.2) is 13.0 Å². The molecule has 0 spiro atoms. The second-order valence-corrected chi connectivity index (χ2v) is 4.66. The summed E-state index contributed by atoms with van der Waals surface area (Å²) in [7, 11) is 1.49. The van der Waals surface area contributed by atoms with Gasteiger partial charge in [0.1, 0.15) is 5.75 Å². The minimum absolute atomic E-state index is 0.504. The highest BCUT2D eigenvalue weighted by molar-refractivity contribution is 5.94. The second-order valence-electron chi connectivity index (χ2n) is 4.66. The predicted octanol–water partition coefficient (Wildman–Crippen LogP) is 3.60. The Labute approximate surface area is 125 Å². The van der Waals surface area contributed by atoms with Crippen molar-refractivity contribution in [1.29, 1.82) is 0 Å². The summed E-state index contributed by atoms with van der Waals surface area (Å²) in [6.45, 7) is 1.67. The highest BCUT2D eigenvalue weighted by Gasteiger charge is 2.21. The molecule has 2 aromatic carbocycles. The molecule has 22 heavy (non-hydrogen) atoms. The van der Waals surface area contributed by atoms with Gasteiger partial charge < -0.3 is 10.1 Å². The van der Waals surface area contributed by atoms with Crippen molar-refractivity contribution in [3.05, 3.63) is 65.0 Å². The van der Waals surface area contributed by atoms with Crippen molar-refractivity contribution in [2.45, 2.75) is 13.0 Å². The Hall–Kier alpha value is -2.50. The number of hydrogen-bond donors (Lipinski definition) is 1. The number of ether oxygens (including phenoxy) is 1. The zero-order chi connectivity index (χ0) is 16.3. The Balaban J connectivity index is 2.24. The number of benzene rings is 2. The fourth-order valence-corrected chi connectivity index (χ4v) is 2.08. The van der Waals surface area contributed by atoms with E-state index in [4.69, 9.17) is 4.74 Å². The lowest BCUT2D eigenvalue weighted by Crippen LogP contribution is -2.28. The van der Waals surface area contributed by atoms with E-state index in [0.29, 0.717) is 17.4 Å². The highest BCUT2D eigenvalue weighted by atomic mass is 19.2. The van der Waals surface area contributed by atoms with E-state index in [2.05, 4.69) is 5.32 Å². The third-order valence-electron chi connectivity index (χ3n) is 3.23. The molecule has 2 aromatic rings. The van der Waals surface area contributed by atoms with Crippen molar-refractivity contribution in [2.24, 2.45) is 0 Å². The van der Waals surface area contributed by atoms with E-state index in [1.165, 1.54) is 7.11 Å². The molecule has 0 aliphatic heterocycles. The number of halogens is 3. The summed E-state index contributed by atoms with van der Waals surface area (Å²) < 4.78 is 44.9. The smallest absolute Gasteiger partial charge is 0.254 e. The van der Waals surface area contributed by atoms with Gasteiger partial charge in [-0.15, -0.1) is 0 Å². The van der Waals surface area contributed by atoms with Crippen molar-refractivity contribution >= 4 is 5.91 Å². The number of nitrogens with one attached hydrogen (secondary N) is 1. The lowest BCUT2D eigenvalue weighted by atomic mass is 10.1. The van der Waals surface area contributed by atoms with Crippen LogP contribution in [0.25, 0.3) is 0 Å². The van der Waals surface area contributed by atoms with Crippen molar-refractivity contribution in [3.63, 3.8) is 0 Å². The maximum atomic E-state index is 13.6. The fourth-order valence-electron chi connectivity index (χ4n) is 2.08. The third kappa shape index (κ3) is 3.05. The van der Waals surface area contributed by atoms with Gasteiger partial charge in [0.05, 0.1) is 18.7 Å². The molecule has 2 rings (SSSR count). The van der Waals surface area contributed by atoms with E-state index in [1.807, 2.05) is 0 Å². The number of carbonyl (C=O) groups is 1. The van der Waals surface area contributed by atoms with Crippen LogP contribution in [0.4, 0.5) is 13.2 Å². The maximum absolute atomic E-state index is 13.6. The van der Waals surface area contributed by atoms with Gasteiger partial charge in [0.25, 0.3) is 5.91 Å². The van der Waals surface area contributed by atoms with Gasteiger partial charge in [-0.1, -0.05) is 18.2 Å². The van der Waals surface area contributed by atoms with Gasteiger partial charge in [-0.25, -0.2) is 13.2 Å². The van der Waals surface area contributed by atoms with Crippen LogP contribution in [0.1, 0.15) is 28.9 Å². The minimum atomic E-state index is -1.67. The zero-order valence-corrected chi connectivity index (χ0v) is 12.0. The van der Waals surface area contributed by atoms with Gasteiger partial charge in [0, 0.05) is 5.56 Å². The summed E-state index contributed by atoms with van der Waals surface area (Å²) in [4.78, 5) is 12.0. The first kappa shape index (κ1) is 15.9. The molecule has 6 heteroatoms. The number of rotatable bonds is 4. The standard InChI is InChI=1S/C16H14F3NO2/c1-9(10-5-3-4-6-13(10)22-2)20-16(21)11-7-8-12(17)15(19)14(11)18/h3-9H,1-2H3,(H,20,21)/t9-/m1/s1. The Morgan fingerprint density at radius 1 is 1.09 bits per heavy atom. The molecule has 3 nitrogen and oxygen atoms in total. The summed E-state index contributed by atoms with van der Waals surface area (Å²) in [5, 5.41) is 2.53. The summed E-state index contributed by atoms with van der Waals surface area (Å²) in [5.41, 5.74) is 0.127. The van der Waals surface area contributed by atoms with Gasteiger partial charge in [-0.3, -0.25) is 4.79 Å². The molecule has 1 N–H and O–H groups in total. The quantitative estimate of drug-likeness (QED) is 0.876. The van der Waals surface area contributed by atoms with E-state index < -0.39 is 35.0 Å². The highest BCUT2D eigenvalue weighted by Crippen LogP contribution is 2.25. The number of amides is 1. The Morgan fingerprint density at radius 3 is 2.45 bits per heavy atom. The molecule has 0 unspecified atom stereocenters. The number of para-hydroxylation sites is 1. The van der Waals surface area contributed by atoms with E-state index >= 15 is 0 Å². The molecule has 0 aromatic heterocycles. The number of carbonyl (C=O) groups excluding carboxylic acids is 1. The fraction of sp³-hybridized carbons (Fsp3) is 0.188. The maximum Gasteiger partial charge on any atom is 0.254 e. The summed E-state index contributed by atoms with van der Waals surface area (Å²) in [6, 6.07) is 8.10. The lowest BCUT2D eigenvalue weighted by Gasteiger charge is -2.17. The lowest BCUT2D eigenvalue weighted by molar-refractivity contribution is 0.0934. The minimum Gasteiger partial charge on any atom is -0.496 e. The second kappa shape index (κ2) is 6.51. The van der Waals surface area contributed by atoms with Gasteiger partial charge >= 0.3 is 0 Å². The van der Waals surface area contributed by atoms with Crippen molar-refractivity contribution < 1.29 is 22.7 Å². The Bertz CT molecular complexity index is 704. The Kier molecular flexibility index (Phi) is 4.70. The van der Waals surface area contributed by atoms with Crippen LogP contribution in [0.3, 0.4) is 0 Å². The molecular weight excluding hydrogens is 295 g/mol. The van der Waals surface area contributed by atoms with Crippen LogP contribution in [-0.2, 0) is 0 Å². The molecule has 0 heterocycles. The average Bonchev–Trinajstić information content (AvgIpc) is 2.52. The molecule has 0 saturated heterocycles. The first-order valence-electron chi connectivity index (χ1n) is 6.53. The molecule has 0 aliphatic carbocycles. The van der Waals surface area contributed by atoms with E-state index in [0.717, 1.165) is 6.07 Å². The number of hydrogen-bond acceptors (Lipinski definition) is 2. The predicted molar refractivity (Wildman–Crippen MR) is 75.2 cm³/mol. The van der Waals surface area contributed by atoms with Crippen molar-refractivity contribution in [1.82, 2.24) is 5.32 Å². The normalized spacial score (nSPS) is 11.9. The first-order valence-corrected chi connectivity index (χ1v) is 6.53. The van der Waals surface area contributed by atoms with Crippen molar-refractivity contribution in [2.75, 3.05) is 7.11 Å². The van der Waals surface area contributed by atoms with E-state index in [9.17, 15) is 18.0 Å². The molecule has 1 amide bonds. The van der Waals surface area contributed by atoms with Crippen LogP contribution in [0.15, 0.2) is 36.4 Å². The summed E-state index contributed by atoms with van der Waals surface area (Å²) in [5.74, 6) is -4.80. The molecule has 0 fully saturated rings. The van der Waals surface area contributed by atoms with Crippen LogP contribution in [0.5, 0.6) is 5.75 Å². The molecule has 1 atom stereocenters. The molecule has 0 aliphatic rings. The van der Waals surface area contributed by atoms with Gasteiger partial charge in [-0.05, 0) is 25.1 Å². The van der Waals surface area contributed by atoms with E-state index in [1.54, 1.807) is 31.2 Å². The molecule has 0 saturated carbocycles. The molecule has 116 valence electrons. The van der Waals surface area contributed by atoms with E-state index in [-0.39, 0.29) is 0 Å². The van der Waals surface area contributed by atoms with Gasteiger partial charge in [-0.2, -0.15) is 0 Å². The average molecular weight is 309 g/mol. The summed E-state index contributed by atoms with van der Waals surface area (Å²) in [6.07, 6.45) is 0. The molecule has 0 bridgehead atoms. The monoisotopic (exact) mass is 309 g/mol. The van der Waals surface area contributed by atoms with Crippen LogP contribution < -0.4 is 10.1 Å². The van der Waals surface area contributed by atoms with Gasteiger partial charge in [0.2, 0.25) is 0 Å². The van der Waals surface area contributed by atoms with Crippen LogP contribution in [0, 0.1) is 17.5 Å². The topological polar surface area (TPSA) is 38.3 Å². The van der Waals surface area contributed by atoms with Crippen molar-refractivity contribution in [3.8, 4) is 5.75 Å². The zero-order valence-electron chi connectivity index (χ0n) is 12.0. The number of methoxy groups -OCH3 is 1. The van der Waals surface area contributed by atoms with Crippen LogP contribution in [0.2, 0.25) is 0 Å².